The Hall–Kier alpha value is -2.13. The number of amides is 1. The zero-order chi connectivity index (χ0) is 15.6. The van der Waals surface area contributed by atoms with Crippen molar-refractivity contribution >= 4 is 5.91 Å². The molecule has 1 amide bonds. The zero-order valence-electron chi connectivity index (χ0n) is 13.0. The number of morpholine rings is 1. The molecule has 22 heavy (non-hydrogen) atoms. The standard InChI is InChI=1S/C19H21NO2/c1-19(2)14-22-17(15-9-5-3-6-10-15)13-20(19)18(21)16-11-7-4-8-12-16/h3-12,17H,13-14H2,1-2H3. The Balaban J connectivity index is 1.86. The highest BCUT2D eigenvalue weighted by Gasteiger charge is 2.38. The molecule has 1 saturated heterocycles. The first kappa shape index (κ1) is 14.8. The summed E-state index contributed by atoms with van der Waals surface area (Å²) in [6.07, 6.45) is -0.0677. The molecule has 0 aliphatic carbocycles. The Morgan fingerprint density at radius 2 is 1.64 bits per heavy atom. The quantitative estimate of drug-likeness (QED) is 0.846. The molecule has 1 aliphatic rings. The van der Waals surface area contributed by atoms with Gasteiger partial charge in [0.1, 0.15) is 6.10 Å². The third-order valence-corrected chi connectivity index (χ3v) is 4.15. The van der Waals surface area contributed by atoms with E-state index in [1.54, 1.807) is 0 Å². The van der Waals surface area contributed by atoms with E-state index in [4.69, 9.17) is 4.74 Å². The van der Waals surface area contributed by atoms with Gasteiger partial charge in [0.2, 0.25) is 0 Å². The van der Waals surface area contributed by atoms with Crippen LogP contribution in [0, 0.1) is 0 Å². The molecule has 3 heteroatoms. The Morgan fingerprint density at radius 1 is 1.05 bits per heavy atom. The molecule has 1 aliphatic heterocycles. The lowest BCUT2D eigenvalue weighted by molar-refractivity contribution is -0.0846. The predicted molar refractivity (Wildman–Crippen MR) is 86.7 cm³/mol. The minimum Gasteiger partial charge on any atom is -0.369 e. The number of carbonyl (C=O) groups excluding carboxylic acids is 1. The molecule has 0 radical (unpaired) electrons. The highest BCUT2D eigenvalue weighted by Crippen LogP contribution is 2.31. The van der Waals surface area contributed by atoms with Gasteiger partial charge in [-0.25, -0.2) is 0 Å². The fourth-order valence-electron chi connectivity index (χ4n) is 2.81. The second-order valence-electron chi connectivity index (χ2n) is 6.30. The van der Waals surface area contributed by atoms with Gasteiger partial charge >= 0.3 is 0 Å². The molecule has 2 aromatic carbocycles. The summed E-state index contributed by atoms with van der Waals surface area (Å²) in [4.78, 5) is 14.8. The molecule has 3 nitrogen and oxygen atoms in total. The monoisotopic (exact) mass is 295 g/mol. The maximum Gasteiger partial charge on any atom is 0.254 e. The van der Waals surface area contributed by atoms with Crippen LogP contribution in [0.1, 0.15) is 35.9 Å². The summed E-state index contributed by atoms with van der Waals surface area (Å²) < 4.78 is 6.00. The first-order valence-electron chi connectivity index (χ1n) is 7.61. The molecule has 3 rings (SSSR count). The van der Waals surface area contributed by atoms with E-state index in [1.165, 1.54) is 0 Å². The predicted octanol–water partition coefficient (Wildman–Crippen LogP) is 3.68. The summed E-state index contributed by atoms with van der Waals surface area (Å²) in [5.74, 6) is 0.0647. The van der Waals surface area contributed by atoms with Gasteiger partial charge in [-0.15, -0.1) is 0 Å². The molecule has 114 valence electrons. The average Bonchev–Trinajstić information content (AvgIpc) is 2.56. The van der Waals surface area contributed by atoms with Gasteiger partial charge in [0, 0.05) is 5.56 Å². The largest absolute Gasteiger partial charge is 0.369 e. The van der Waals surface area contributed by atoms with Crippen molar-refractivity contribution in [2.24, 2.45) is 0 Å². The molecule has 1 heterocycles. The summed E-state index contributed by atoms with van der Waals surface area (Å²) in [6.45, 7) is 5.21. The number of rotatable bonds is 2. The smallest absolute Gasteiger partial charge is 0.254 e. The molecule has 0 saturated carbocycles. The Bertz CT molecular complexity index is 637. The number of nitrogens with zero attached hydrogens (tertiary/aromatic N) is 1. The van der Waals surface area contributed by atoms with Gasteiger partial charge in [-0.2, -0.15) is 0 Å². The van der Waals surface area contributed by atoms with Crippen molar-refractivity contribution in [3.05, 3.63) is 71.8 Å². The fraction of sp³-hybridized carbons (Fsp3) is 0.316. The maximum absolute atomic E-state index is 12.9. The van der Waals surface area contributed by atoms with Crippen LogP contribution < -0.4 is 0 Å². The van der Waals surface area contributed by atoms with Gasteiger partial charge in [0.15, 0.2) is 0 Å². The van der Waals surface area contributed by atoms with E-state index < -0.39 is 0 Å². The van der Waals surface area contributed by atoms with Crippen LogP contribution in [0.3, 0.4) is 0 Å². The first-order chi connectivity index (χ1) is 10.6. The molecule has 2 aromatic rings. The second-order valence-corrected chi connectivity index (χ2v) is 6.30. The van der Waals surface area contributed by atoms with Crippen LogP contribution >= 0.6 is 0 Å². The van der Waals surface area contributed by atoms with Gasteiger partial charge in [-0.1, -0.05) is 48.5 Å². The fourth-order valence-corrected chi connectivity index (χ4v) is 2.81. The number of carbonyl (C=O) groups is 1. The van der Waals surface area contributed by atoms with Crippen molar-refractivity contribution in [3.8, 4) is 0 Å². The number of hydrogen-bond donors (Lipinski definition) is 0. The SMILES string of the molecule is CC1(C)COC(c2ccccc2)CN1C(=O)c1ccccc1. The number of ether oxygens (including phenoxy) is 1. The molecular weight excluding hydrogens is 274 g/mol. The first-order valence-corrected chi connectivity index (χ1v) is 7.61. The summed E-state index contributed by atoms with van der Waals surface area (Å²) in [6, 6.07) is 19.5. The van der Waals surface area contributed by atoms with E-state index in [0.29, 0.717) is 13.2 Å². The number of benzene rings is 2. The summed E-state index contributed by atoms with van der Waals surface area (Å²) in [5.41, 5.74) is 1.53. The van der Waals surface area contributed by atoms with Crippen molar-refractivity contribution in [3.63, 3.8) is 0 Å². The van der Waals surface area contributed by atoms with Crippen molar-refractivity contribution < 1.29 is 9.53 Å². The van der Waals surface area contributed by atoms with Crippen molar-refractivity contribution in [2.75, 3.05) is 13.2 Å². The number of hydrogen-bond acceptors (Lipinski definition) is 2. The van der Waals surface area contributed by atoms with Gasteiger partial charge < -0.3 is 9.64 Å². The third kappa shape index (κ3) is 2.90. The zero-order valence-corrected chi connectivity index (χ0v) is 13.0. The molecule has 1 atom stereocenters. The molecule has 1 unspecified atom stereocenters. The van der Waals surface area contributed by atoms with Crippen LogP contribution in [-0.2, 0) is 4.74 Å². The van der Waals surface area contributed by atoms with Crippen LogP contribution in [-0.4, -0.2) is 29.5 Å². The maximum atomic E-state index is 12.9. The Morgan fingerprint density at radius 3 is 2.27 bits per heavy atom. The van der Waals surface area contributed by atoms with E-state index in [9.17, 15) is 4.79 Å². The average molecular weight is 295 g/mol. The van der Waals surface area contributed by atoms with Gasteiger partial charge in [-0.05, 0) is 31.5 Å². The summed E-state index contributed by atoms with van der Waals surface area (Å²) >= 11 is 0. The van der Waals surface area contributed by atoms with Crippen LogP contribution in [0.25, 0.3) is 0 Å². The lowest BCUT2D eigenvalue weighted by Crippen LogP contribution is -2.56. The van der Waals surface area contributed by atoms with E-state index in [0.717, 1.165) is 11.1 Å². The van der Waals surface area contributed by atoms with E-state index >= 15 is 0 Å². The summed E-state index contributed by atoms with van der Waals surface area (Å²) in [5, 5.41) is 0. The van der Waals surface area contributed by atoms with Crippen molar-refractivity contribution in [2.45, 2.75) is 25.5 Å². The highest BCUT2D eigenvalue weighted by molar-refractivity contribution is 5.94. The van der Waals surface area contributed by atoms with Crippen LogP contribution in [0.4, 0.5) is 0 Å². The topological polar surface area (TPSA) is 29.5 Å². The Kier molecular flexibility index (Phi) is 3.99. The molecule has 0 spiro atoms. The van der Waals surface area contributed by atoms with E-state index in [2.05, 4.69) is 13.8 Å². The van der Waals surface area contributed by atoms with Crippen LogP contribution in [0.5, 0.6) is 0 Å². The lowest BCUT2D eigenvalue weighted by atomic mass is 9.97. The minimum atomic E-state index is -0.307. The lowest BCUT2D eigenvalue weighted by Gasteiger charge is -2.45. The van der Waals surface area contributed by atoms with E-state index in [-0.39, 0.29) is 17.6 Å². The van der Waals surface area contributed by atoms with Crippen LogP contribution in [0.2, 0.25) is 0 Å². The summed E-state index contributed by atoms with van der Waals surface area (Å²) in [7, 11) is 0. The van der Waals surface area contributed by atoms with Crippen molar-refractivity contribution in [1.29, 1.82) is 0 Å². The molecule has 0 aromatic heterocycles. The molecular formula is C19H21NO2. The second kappa shape index (κ2) is 5.93. The van der Waals surface area contributed by atoms with Gasteiger partial charge in [0.05, 0.1) is 18.7 Å². The third-order valence-electron chi connectivity index (χ3n) is 4.15. The highest BCUT2D eigenvalue weighted by atomic mass is 16.5. The molecule has 0 N–H and O–H groups in total. The normalized spacial score (nSPS) is 20.6. The van der Waals surface area contributed by atoms with Gasteiger partial charge in [0.25, 0.3) is 5.91 Å². The Labute approximate surface area is 131 Å². The molecule has 0 bridgehead atoms. The van der Waals surface area contributed by atoms with Crippen LogP contribution in [0.15, 0.2) is 60.7 Å². The van der Waals surface area contributed by atoms with Gasteiger partial charge in [-0.3, -0.25) is 4.79 Å². The molecule has 1 fully saturated rings. The van der Waals surface area contributed by atoms with Crippen molar-refractivity contribution in [1.82, 2.24) is 4.90 Å². The van der Waals surface area contributed by atoms with E-state index in [1.807, 2.05) is 65.6 Å². The minimum absolute atomic E-state index is 0.0647.